The molecule has 0 saturated heterocycles. The number of nitrogens with one attached hydrogen (secondary N) is 1. The molecule has 0 aromatic carbocycles. The lowest BCUT2D eigenvalue weighted by molar-refractivity contribution is -0.131. The van der Waals surface area contributed by atoms with E-state index in [0.717, 1.165) is 0 Å². The van der Waals surface area contributed by atoms with Crippen LogP contribution in [0.4, 0.5) is 0 Å². The summed E-state index contributed by atoms with van der Waals surface area (Å²) < 4.78 is 4.76. The number of aromatic nitrogens is 1. The fourth-order valence-corrected chi connectivity index (χ4v) is 1.85. The maximum absolute atomic E-state index is 11.9. The Morgan fingerprint density at radius 1 is 1.65 bits per heavy atom. The van der Waals surface area contributed by atoms with Crippen LogP contribution in [-0.4, -0.2) is 23.4 Å². The molecule has 1 heterocycles. The normalized spacial score (nSPS) is 11.4. The number of ketones is 1. The number of nitrogens with zero attached hydrogens (tertiary/aromatic N) is 2. The number of nitriles is 1. The van der Waals surface area contributed by atoms with E-state index in [1.54, 1.807) is 13.0 Å². The fourth-order valence-electron chi connectivity index (χ4n) is 1.58. The Kier molecular flexibility index (Phi) is 5.94. The highest BCUT2D eigenvalue weighted by Gasteiger charge is 2.26. The molecule has 20 heavy (non-hydrogen) atoms. The summed E-state index contributed by atoms with van der Waals surface area (Å²) in [5, 5.41) is 15.1. The van der Waals surface area contributed by atoms with E-state index in [1.165, 1.54) is 6.08 Å². The second-order valence-electron chi connectivity index (χ2n) is 4.08. The zero-order chi connectivity index (χ0) is 15.1. The van der Waals surface area contributed by atoms with Gasteiger partial charge in [-0.2, -0.15) is 5.26 Å². The molecule has 0 bridgehead atoms. The summed E-state index contributed by atoms with van der Waals surface area (Å²) >= 11 is 5.78. The summed E-state index contributed by atoms with van der Waals surface area (Å²) in [6, 6.07) is 1.70. The molecule has 0 spiro atoms. The Bertz CT molecular complexity index is 540. The topological polar surface area (TPSA) is 96.0 Å². The molecule has 0 aliphatic rings. The Labute approximate surface area is 121 Å². The van der Waals surface area contributed by atoms with E-state index in [4.69, 9.17) is 21.4 Å². The van der Waals surface area contributed by atoms with Crippen LogP contribution in [0.2, 0.25) is 5.22 Å². The molecule has 0 saturated carbocycles. The molecule has 0 aliphatic heterocycles. The molecule has 1 rings (SSSR count). The number of Topliss-reactive ketones (excluding diaryl/α,β-unsaturated/α-hetero) is 1. The minimum Gasteiger partial charge on any atom is -0.351 e. The van der Waals surface area contributed by atoms with Gasteiger partial charge in [-0.15, -0.1) is 6.58 Å². The maximum atomic E-state index is 11.9. The molecule has 7 heteroatoms. The van der Waals surface area contributed by atoms with Crippen LogP contribution < -0.4 is 5.32 Å². The number of carbonyl (C=O) groups excluding carboxylic acids is 2. The van der Waals surface area contributed by atoms with Crippen LogP contribution in [0, 0.1) is 24.2 Å². The Morgan fingerprint density at radius 2 is 2.35 bits per heavy atom. The van der Waals surface area contributed by atoms with Gasteiger partial charge in [0.05, 0.1) is 11.8 Å². The van der Waals surface area contributed by atoms with Gasteiger partial charge in [-0.05, 0) is 24.9 Å². The summed E-state index contributed by atoms with van der Waals surface area (Å²) in [4.78, 5) is 23.5. The average Bonchev–Trinajstić information content (AvgIpc) is 2.74. The van der Waals surface area contributed by atoms with Crippen LogP contribution in [0.25, 0.3) is 0 Å². The van der Waals surface area contributed by atoms with Gasteiger partial charge in [0.25, 0.3) is 0 Å². The van der Waals surface area contributed by atoms with Crippen molar-refractivity contribution in [2.24, 2.45) is 5.92 Å². The Morgan fingerprint density at radius 3 is 2.85 bits per heavy atom. The summed E-state index contributed by atoms with van der Waals surface area (Å²) in [6.45, 7) is 5.35. The van der Waals surface area contributed by atoms with Crippen LogP contribution in [0.5, 0.6) is 0 Å². The summed E-state index contributed by atoms with van der Waals surface area (Å²) in [7, 11) is 0. The summed E-state index contributed by atoms with van der Waals surface area (Å²) in [6.07, 6.45) is 1.76. The van der Waals surface area contributed by atoms with Crippen LogP contribution in [-0.2, 0) is 16.0 Å². The van der Waals surface area contributed by atoms with Crippen LogP contribution in [0.1, 0.15) is 17.7 Å². The summed E-state index contributed by atoms with van der Waals surface area (Å²) in [5.41, 5.74) is 1.20. The van der Waals surface area contributed by atoms with E-state index in [9.17, 15) is 9.59 Å². The number of rotatable bonds is 7. The van der Waals surface area contributed by atoms with E-state index >= 15 is 0 Å². The second kappa shape index (κ2) is 7.46. The fraction of sp³-hybridized carbons (Fsp3) is 0.385. The Hall–Kier alpha value is -2.13. The lowest BCUT2D eigenvalue weighted by atomic mass is 9.98. The van der Waals surface area contributed by atoms with Crippen LogP contribution >= 0.6 is 11.6 Å². The molecule has 0 aliphatic carbocycles. The third-order valence-electron chi connectivity index (χ3n) is 2.69. The van der Waals surface area contributed by atoms with Gasteiger partial charge >= 0.3 is 0 Å². The predicted octanol–water partition coefficient (Wildman–Crippen LogP) is 1.58. The van der Waals surface area contributed by atoms with Crippen molar-refractivity contribution in [3.05, 3.63) is 29.1 Å². The lowest BCUT2D eigenvalue weighted by Crippen LogP contribution is -2.34. The van der Waals surface area contributed by atoms with Crippen molar-refractivity contribution >= 4 is 23.3 Å². The van der Waals surface area contributed by atoms with Crippen molar-refractivity contribution in [1.29, 1.82) is 5.26 Å². The van der Waals surface area contributed by atoms with E-state index in [2.05, 4.69) is 17.1 Å². The third-order valence-corrected chi connectivity index (χ3v) is 2.99. The van der Waals surface area contributed by atoms with Crippen molar-refractivity contribution in [2.45, 2.75) is 19.8 Å². The van der Waals surface area contributed by atoms with Gasteiger partial charge in [0.1, 0.15) is 0 Å². The van der Waals surface area contributed by atoms with Crippen LogP contribution in [0.3, 0.4) is 0 Å². The van der Waals surface area contributed by atoms with E-state index in [-0.39, 0.29) is 24.6 Å². The minimum atomic E-state index is -1.33. The van der Waals surface area contributed by atoms with Gasteiger partial charge in [0.15, 0.2) is 11.7 Å². The molecular formula is C13H14ClN3O3. The van der Waals surface area contributed by atoms with Gasteiger partial charge in [0.2, 0.25) is 11.1 Å². The zero-order valence-corrected chi connectivity index (χ0v) is 11.7. The van der Waals surface area contributed by atoms with Gasteiger partial charge in [-0.25, -0.2) is 0 Å². The van der Waals surface area contributed by atoms with Crippen molar-refractivity contribution in [3.63, 3.8) is 0 Å². The third kappa shape index (κ3) is 3.93. The summed E-state index contributed by atoms with van der Waals surface area (Å²) in [5.74, 6) is -2.41. The highest BCUT2D eigenvalue weighted by molar-refractivity contribution is 6.29. The van der Waals surface area contributed by atoms with Crippen molar-refractivity contribution in [2.75, 3.05) is 6.54 Å². The highest BCUT2D eigenvalue weighted by atomic mass is 35.5. The molecular weight excluding hydrogens is 282 g/mol. The van der Waals surface area contributed by atoms with Crippen molar-refractivity contribution in [3.8, 4) is 6.07 Å². The number of amides is 1. The molecule has 6 nitrogen and oxygen atoms in total. The number of halogens is 1. The first-order chi connectivity index (χ1) is 9.51. The monoisotopic (exact) mass is 295 g/mol. The largest absolute Gasteiger partial charge is 0.351 e. The minimum absolute atomic E-state index is 0.0154. The van der Waals surface area contributed by atoms with Crippen molar-refractivity contribution < 1.29 is 14.1 Å². The van der Waals surface area contributed by atoms with E-state index in [1.807, 2.05) is 0 Å². The van der Waals surface area contributed by atoms with Crippen LogP contribution in [0.15, 0.2) is 17.2 Å². The molecule has 1 aromatic heterocycles. The maximum Gasteiger partial charge on any atom is 0.245 e. The highest BCUT2D eigenvalue weighted by Crippen LogP contribution is 2.21. The van der Waals surface area contributed by atoms with Gasteiger partial charge < -0.3 is 9.84 Å². The van der Waals surface area contributed by atoms with Crippen molar-refractivity contribution in [1.82, 2.24) is 10.5 Å². The van der Waals surface area contributed by atoms with Gasteiger partial charge in [-0.1, -0.05) is 11.2 Å². The first kappa shape index (κ1) is 15.9. The predicted molar refractivity (Wildman–Crippen MR) is 71.9 cm³/mol. The number of carbonyl (C=O) groups is 2. The van der Waals surface area contributed by atoms with Gasteiger partial charge in [0, 0.05) is 18.5 Å². The molecule has 0 unspecified atom stereocenters. The average molecular weight is 296 g/mol. The number of hydrogen-bond acceptors (Lipinski definition) is 5. The van der Waals surface area contributed by atoms with E-state index in [0.29, 0.717) is 11.3 Å². The SMILES string of the molecule is C=CCNC(=O)[C@@H](C#N)C(=O)CCc1c(C)noc1Cl. The molecule has 1 amide bonds. The molecule has 1 aromatic rings. The molecule has 106 valence electrons. The standard InChI is InChI=1S/C13H14ClN3O3/c1-3-6-16-13(19)10(7-15)11(18)5-4-9-8(2)17-20-12(9)14/h3,10H,1,4-6H2,2H3,(H,16,19)/t10-/m0/s1. The quantitative estimate of drug-likeness (QED) is 0.608. The molecule has 0 fully saturated rings. The lowest BCUT2D eigenvalue weighted by Gasteiger charge is -2.07. The Balaban J connectivity index is 2.63. The van der Waals surface area contributed by atoms with Gasteiger partial charge in [-0.3, -0.25) is 9.59 Å². The first-order valence-electron chi connectivity index (χ1n) is 5.92. The second-order valence-corrected chi connectivity index (χ2v) is 4.43. The first-order valence-corrected chi connectivity index (χ1v) is 6.30. The molecule has 0 radical (unpaired) electrons. The number of hydrogen-bond donors (Lipinski definition) is 1. The molecule has 1 atom stereocenters. The van der Waals surface area contributed by atoms with E-state index < -0.39 is 17.6 Å². The number of aryl methyl sites for hydroxylation is 1. The smallest absolute Gasteiger partial charge is 0.245 e. The molecule has 1 N–H and O–H groups in total. The zero-order valence-electron chi connectivity index (χ0n) is 11.0.